The Morgan fingerprint density at radius 2 is 1.67 bits per heavy atom. The fraction of sp³-hybridized carbons (Fsp3) is 0.115. The lowest BCUT2D eigenvalue weighted by molar-refractivity contribution is 0.144. The van der Waals surface area contributed by atoms with Crippen LogP contribution in [0.4, 0.5) is 4.79 Å². The molecule has 7 heteroatoms. The van der Waals surface area contributed by atoms with Gasteiger partial charge in [0.05, 0.1) is 17.4 Å². The Morgan fingerprint density at radius 3 is 2.39 bits per heavy atom. The summed E-state index contributed by atoms with van der Waals surface area (Å²) < 4.78 is 10.1. The molecule has 0 atom stereocenters. The summed E-state index contributed by atoms with van der Waals surface area (Å²) in [6.45, 7) is 0.243. The molecule has 162 valence electrons. The number of alkyl carbamates (subject to hydrolysis) is 1. The molecule has 0 fully saturated rings. The predicted octanol–water partition coefficient (Wildman–Crippen LogP) is 3.37. The maximum Gasteiger partial charge on any atom is 0.419 e. The first-order valence-corrected chi connectivity index (χ1v) is 10.4. The first-order chi connectivity index (χ1) is 16.1. The number of ether oxygens (including phenoxy) is 1. The van der Waals surface area contributed by atoms with Gasteiger partial charge in [0.1, 0.15) is 6.61 Å². The standard InChI is InChI=1S/C26H18N2O5/c29-24-23-16(7-5-13-22(23)28-26(31)33-24)8-6-14-27-25(30)32-15-21-19-11-3-1-9-17(19)18-10-2-4-12-20(18)21/h1-5,7,9-13,21H,14-15H2,(H,27,30)(H,28,31). The van der Waals surface area contributed by atoms with Gasteiger partial charge in [-0.05, 0) is 34.4 Å². The van der Waals surface area contributed by atoms with Crippen molar-refractivity contribution in [3.8, 4) is 23.0 Å². The average Bonchev–Trinajstić information content (AvgIpc) is 3.14. The largest absolute Gasteiger partial charge is 0.449 e. The molecule has 2 N–H and O–H groups in total. The fourth-order valence-corrected chi connectivity index (χ4v) is 4.16. The Morgan fingerprint density at radius 1 is 0.970 bits per heavy atom. The molecule has 1 amide bonds. The Hall–Kier alpha value is -4.57. The highest BCUT2D eigenvalue weighted by atomic mass is 16.5. The molecule has 1 aliphatic carbocycles. The molecule has 0 unspecified atom stereocenters. The molecule has 0 bridgehead atoms. The van der Waals surface area contributed by atoms with Gasteiger partial charge >= 0.3 is 17.5 Å². The third-order valence-electron chi connectivity index (χ3n) is 5.58. The molecule has 0 aliphatic heterocycles. The number of hydrogen-bond acceptors (Lipinski definition) is 5. The first kappa shape index (κ1) is 20.3. The monoisotopic (exact) mass is 438 g/mol. The van der Waals surface area contributed by atoms with Gasteiger partial charge in [0.25, 0.3) is 0 Å². The van der Waals surface area contributed by atoms with E-state index in [-0.39, 0.29) is 24.5 Å². The molecule has 0 saturated heterocycles. The van der Waals surface area contributed by atoms with Crippen molar-refractivity contribution in [3.05, 3.63) is 104 Å². The van der Waals surface area contributed by atoms with Crippen molar-refractivity contribution in [3.63, 3.8) is 0 Å². The molecular formula is C26H18N2O5. The van der Waals surface area contributed by atoms with Gasteiger partial charge in [0, 0.05) is 11.5 Å². The van der Waals surface area contributed by atoms with Gasteiger partial charge < -0.3 is 14.5 Å². The summed E-state index contributed by atoms with van der Waals surface area (Å²) >= 11 is 0. The molecule has 3 aromatic carbocycles. The number of nitrogens with one attached hydrogen (secondary N) is 2. The molecule has 5 rings (SSSR count). The molecular weight excluding hydrogens is 420 g/mol. The van der Waals surface area contributed by atoms with Crippen molar-refractivity contribution in [2.24, 2.45) is 0 Å². The molecule has 4 aromatic rings. The normalized spacial score (nSPS) is 11.9. The summed E-state index contributed by atoms with van der Waals surface area (Å²) in [4.78, 5) is 38.0. The van der Waals surface area contributed by atoms with E-state index in [1.165, 1.54) is 0 Å². The third kappa shape index (κ3) is 3.90. The summed E-state index contributed by atoms with van der Waals surface area (Å²) in [5, 5.41) is 2.79. The molecule has 0 saturated carbocycles. The number of aromatic amines is 1. The zero-order valence-electron chi connectivity index (χ0n) is 17.4. The predicted molar refractivity (Wildman–Crippen MR) is 123 cm³/mol. The Kier molecular flexibility index (Phi) is 5.25. The zero-order chi connectivity index (χ0) is 22.8. The second kappa shape index (κ2) is 8.52. The molecule has 0 spiro atoms. The van der Waals surface area contributed by atoms with Gasteiger partial charge in [0.2, 0.25) is 0 Å². The number of aromatic nitrogens is 1. The van der Waals surface area contributed by atoms with Crippen LogP contribution in [0.1, 0.15) is 22.6 Å². The lowest BCUT2D eigenvalue weighted by Crippen LogP contribution is -2.26. The summed E-state index contributed by atoms with van der Waals surface area (Å²) in [5.74, 6) is 4.77. The highest BCUT2D eigenvalue weighted by molar-refractivity contribution is 5.83. The number of amides is 1. The van der Waals surface area contributed by atoms with Gasteiger partial charge in [0.15, 0.2) is 0 Å². The molecule has 33 heavy (non-hydrogen) atoms. The Bertz CT molecular complexity index is 1510. The smallest absolute Gasteiger partial charge is 0.419 e. The van der Waals surface area contributed by atoms with Gasteiger partial charge in [-0.3, -0.25) is 4.98 Å². The minimum absolute atomic E-state index is 0.0219. The highest BCUT2D eigenvalue weighted by Crippen LogP contribution is 2.44. The molecule has 1 aliphatic rings. The lowest BCUT2D eigenvalue weighted by Gasteiger charge is -2.14. The number of hydrogen-bond donors (Lipinski definition) is 2. The van der Waals surface area contributed by atoms with Gasteiger partial charge in [-0.2, -0.15) is 0 Å². The van der Waals surface area contributed by atoms with E-state index in [4.69, 9.17) is 4.74 Å². The summed E-state index contributed by atoms with van der Waals surface area (Å²) in [7, 11) is 0. The van der Waals surface area contributed by atoms with Crippen molar-refractivity contribution in [2.45, 2.75) is 5.92 Å². The van der Waals surface area contributed by atoms with E-state index in [0.717, 1.165) is 22.3 Å². The van der Waals surface area contributed by atoms with Crippen molar-refractivity contribution < 1.29 is 13.9 Å². The number of fused-ring (bicyclic) bond motifs is 4. The van der Waals surface area contributed by atoms with Crippen LogP contribution in [0.3, 0.4) is 0 Å². The van der Waals surface area contributed by atoms with Crippen LogP contribution >= 0.6 is 0 Å². The summed E-state index contributed by atoms with van der Waals surface area (Å²) in [6.07, 6.45) is -0.576. The minimum Gasteiger partial charge on any atom is -0.449 e. The van der Waals surface area contributed by atoms with Crippen LogP contribution < -0.4 is 16.7 Å². The number of rotatable bonds is 3. The minimum atomic E-state index is -0.825. The van der Waals surface area contributed by atoms with Gasteiger partial charge in [-0.1, -0.05) is 66.4 Å². The van der Waals surface area contributed by atoms with Crippen LogP contribution in [0.25, 0.3) is 22.0 Å². The maximum atomic E-state index is 12.2. The van der Waals surface area contributed by atoms with E-state index >= 15 is 0 Å². The first-order valence-electron chi connectivity index (χ1n) is 10.4. The van der Waals surface area contributed by atoms with Gasteiger partial charge in [-0.25, -0.2) is 14.4 Å². The topological polar surface area (TPSA) is 101 Å². The van der Waals surface area contributed by atoms with Crippen LogP contribution in [-0.2, 0) is 4.74 Å². The number of benzene rings is 3. The molecule has 0 radical (unpaired) electrons. The number of carbonyl (C=O) groups excluding carboxylic acids is 1. The van der Waals surface area contributed by atoms with Gasteiger partial charge in [-0.15, -0.1) is 0 Å². The van der Waals surface area contributed by atoms with Crippen molar-refractivity contribution in [2.75, 3.05) is 13.2 Å². The molecule has 7 nitrogen and oxygen atoms in total. The zero-order valence-corrected chi connectivity index (χ0v) is 17.4. The third-order valence-corrected chi connectivity index (χ3v) is 5.58. The van der Waals surface area contributed by atoms with Crippen molar-refractivity contribution in [1.29, 1.82) is 0 Å². The van der Waals surface area contributed by atoms with E-state index in [0.29, 0.717) is 11.1 Å². The second-order valence-corrected chi connectivity index (χ2v) is 7.51. The van der Waals surface area contributed by atoms with Crippen LogP contribution in [0.5, 0.6) is 0 Å². The van der Waals surface area contributed by atoms with E-state index < -0.39 is 17.5 Å². The van der Waals surface area contributed by atoms with E-state index in [1.54, 1.807) is 18.2 Å². The fourth-order valence-electron chi connectivity index (χ4n) is 4.16. The van der Waals surface area contributed by atoms with Crippen LogP contribution in [-0.4, -0.2) is 24.2 Å². The van der Waals surface area contributed by atoms with Crippen molar-refractivity contribution >= 4 is 17.0 Å². The lowest BCUT2D eigenvalue weighted by atomic mass is 9.98. The molecule has 1 aromatic heterocycles. The highest BCUT2D eigenvalue weighted by Gasteiger charge is 2.28. The maximum absolute atomic E-state index is 12.2. The Labute approximate surface area is 188 Å². The van der Waals surface area contributed by atoms with Crippen LogP contribution in [0.15, 0.2) is 80.7 Å². The van der Waals surface area contributed by atoms with E-state index in [9.17, 15) is 14.4 Å². The van der Waals surface area contributed by atoms with Crippen LogP contribution in [0.2, 0.25) is 0 Å². The summed E-state index contributed by atoms with van der Waals surface area (Å²) in [5.41, 5.74) is 4.57. The molecule has 1 heterocycles. The average molecular weight is 438 g/mol. The SMILES string of the molecule is O=C(NCC#Cc1cccc2[nH]c(=O)oc(=O)c12)OCC1c2ccccc2-c2ccccc21. The van der Waals surface area contributed by atoms with Crippen molar-refractivity contribution in [1.82, 2.24) is 10.3 Å². The Balaban J connectivity index is 1.24. The number of H-pyrrole nitrogens is 1. The quantitative estimate of drug-likeness (QED) is 0.478. The van der Waals surface area contributed by atoms with E-state index in [1.807, 2.05) is 24.3 Å². The second-order valence-electron chi connectivity index (χ2n) is 7.51. The summed E-state index contributed by atoms with van der Waals surface area (Å²) in [6, 6.07) is 21.1. The van der Waals surface area contributed by atoms with E-state index in [2.05, 4.69) is 50.8 Å². The van der Waals surface area contributed by atoms with Crippen LogP contribution in [0, 0.1) is 11.8 Å². The number of carbonyl (C=O) groups is 1.